The maximum Gasteiger partial charge on any atom is 0.236 e. The summed E-state index contributed by atoms with van der Waals surface area (Å²) in [6.07, 6.45) is 0. The van der Waals surface area contributed by atoms with Crippen molar-refractivity contribution in [3.05, 3.63) is 0 Å². The molecular weight excluding hydrogens is 168 g/mol. The Bertz CT molecular complexity index is 169. The van der Waals surface area contributed by atoms with E-state index in [-0.39, 0.29) is 17.6 Å². The highest BCUT2D eigenvalue weighted by Gasteiger charge is 2.19. The molecule has 0 aliphatic rings. The van der Waals surface area contributed by atoms with Gasteiger partial charge in [0.15, 0.2) is 0 Å². The van der Waals surface area contributed by atoms with E-state index in [1.807, 2.05) is 20.8 Å². The summed E-state index contributed by atoms with van der Waals surface area (Å²) in [4.78, 5) is 11.1. The molecule has 1 amide bonds. The van der Waals surface area contributed by atoms with Crippen molar-refractivity contribution >= 4 is 5.91 Å². The van der Waals surface area contributed by atoms with Gasteiger partial charge in [0.25, 0.3) is 0 Å². The fourth-order valence-electron chi connectivity index (χ4n) is 0.780. The van der Waals surface area contributed by atoms with Gasteiger partial charge in [-0.25, -0.2) is 0 Å². The van der Waals surface area contributed by atoms with Crippen molar-refractivity contribution in [3.8, 4) is 0 Å². The Morgan fingerprint density at radius 2 is 2.08 bits per heavy atom. The normalized spacial score (nSPS) is 13.9. The highest BCUT2D eigenvalue weighted by molar-refractivity contribution is 5.80. The molecule has 1 atom stereocenters. The lowest BCUT2D eigenvalue weighted by molar-refractivity contribution is -0.122. The second-order valence-corrected chi connectivity index (χ2v) is 3.68. The van der Waals surface area contributed by atoms with Crippen molar-refractivity contribution in [1.82, 2.24) is 10.6 Å². The monoisotopic (exact) mass is 188 g/mol. The molecule has 0 saturated carbocycles. The first-order valence-corrected chi connectivity index (χ1v) is 4.43. The number of ether oxygens (including phenoxy) is 1. The van der Waals surface area contributed by atoms with Crippen LogP contribution in [0.4, 0.5) is 0 Å². The Morgan fingerprint density at radius 3 is 2.46 bits per heavy atom. The van der Waals surface area contributed by atoms with E-state index in [1.165, 1.54) is 0 Å². The lowest BCUT2D eigenvalue weighted by Gasteiger charge is -2.25. The minimum absolute atomic E-state index is 0.00750. The maximum atomic E-state index is 11.1. The summed E-state index contributed by atoms with van der Waals surface area (Å²) < 4.78 is 5.21. The third-order valence-electron chi connectivity index (χ3n) is 2.03. The summed E-state index contributed by atoms with van der Waals surface area (Å²) in [6.45, 7) is 6.41. The smallest absolute Gasteiger partial charge is 0.236 e. The number of hydrogen-bond acceptors (Lipinski definition) is 3. The Hall–Kier alpha value is -0.610. The summed E-state index contributed by atoms with van der Waals surface area (Å²) >= 11 is 0. The third kappa shape index (κ3) is 4.85. The molecule has 0 aromatic carbocycles. The summed E-state index contributed by atoms with van der Waals surface area (Å²) in [5, 5.41) is 5.66. The van der Waals surface area contributed by atoms with E-state index in [0.717, 1.165) is 0 Å². The van der Waals surface area contributed by atoms with Gasteiger partial charge in [0.2, 0.25) is 5.91 Å². The maximum absolute atomic E-state index is 11.1. The van der Waals surface area contributed by atoms with Crippen LogP contribution in [0.3, 0.4) is 0 Å². The summed E-state index contributed by atoms with van der Waals surface area (Å²) in [7, 11) is 3.29. The van der Waals surface area contributed by atoms with E-state index < -0.39 is 0 Å². The van der Waals surface area contributed by atoms with Gasteiger partial charge < -0.3 is 15.4 Å². The fourth-order valence-corrected chi connectivity index (χ4v) is 0.780. The zero-order valence-corrected chi connectivity index (χ0v) is 9.10. The number of amides is 1. The van der Waals surface area contributed by atoms with Gasteiger partial charge in [-0.3, -0.25) is 4.79 Å². The molecule has 0 fully saturated rings. The van der Waals surface area contributed by atoms with Crippen LogP contribution in [0.2, 0.25) is 0 Å². The van der Waals surface area contributed by atoms with Gasteiger partial charge >= 0.3 is 0 Å². The fraction of sp³-hybridized carbons (Fsp3) is 0.889. The molecular formula is C9H20N2O2. The summed E-state index contributed by atoms with van der Waals surface area (Å²) in [5.41, 5.74) is -0.234. The highest BCUT2D eigenvalue weighted by atomic mass is 16.5. The van der Waals surface area contributed by atoms with E-state index in [0.29, 0.717) is 6.54 Å². The molecule has 78 valence electrons. The van der Waals surface area contributed by atoms with Gasteiger partial charge in [0, 0.05) is 20.7 Å². The zero-order chi connectivity index (χ0) is 10.5. The van der Waals surface area contributed by atoms with E-state index in [1.54, 1.807) is 14.2 Å². The first-order chi connectivity index (χ1) is 5.93. The first-order valence-electron chi connectivity index (χ1n) is 4.43. The predicted molar refractivity (Wildman–Crippen MR) is 52.6 cm³/mol. The lowest BCUT2D eigenvalue weighted by atomic mass is 10.1. The molecule has 2 N–H and O–H groups in total. The number of rotatable bonds is 5. The Labute approximate surface area is 80.0 Å². The highest BCUT2D eigenvalue weighted by Crippen LogP contribution is 2.04. The van der Waals surface area contributed by atoms with Crippen LogP contribution in [0, 0.1) is 0 Å². The van der Waals surface area contributed by atoms with Gasteiger partial charge in [0.05, 0.1) is 11.6 Å². The van der Waals surface area contributed by atoms with Crippen molar-refractivity contribution in [2.45, 2.75) is 32.4 Å². The molecule has 0 radical (unpaired) electrons. The van der Waals surface area contributed by atoms with Crippen LogP contribution >= 0.6 is 0 Å². The molecule has 0 bridgehead atoms. The minimum Gasteiger partial charge on any atom is -0.377 e. The molecule has 0 spiro atoms. The molecule has 4 heteroatoms. The number of nitrogens with one attached hydrogen (secondary N) is 2. The van der Waals surface area contributed by atoms with Crippen LogP contribution in [0.1, 0.15) is 20.8 Å². The van der Waals surface area contributed by atoms with Gasteiger partial charge in [-0.1, -0.05) is 0 Å². The van der Waals surface area contributed by atoms with E-state index in [9.17, 15) is 4.79 Å². The summed E-state index contributed by atoms with van der Waals surface area (Å²) in [6, 6.07) is -0.181. The average Bonchev–Trinajstić information content (AvgIpc) is 2.13. The number of carbonyl (C=O) groups is 1. The van der Waals surface area contributed by atoms with Crippen molar-refractivity contribution in [3.63, 3.8) is 0 Å². The number of likely N-dealkylation sites (N-methyl/N-ethyl adjacent to an activating group) is 1. The number of hydrogen-bond donors (Lipinski definition) is 2. The average molecular weight is 188 g/mol. The molecule has 0 aromatic rings. The number of carbonyl (C=O) groups excluding carboxylic acids is 1. The van der Waals surface area contributed by atoms with Crippen molar-refractivity contribution < 1.29 is 9.53 Å². The number of methoxy groups -OCH3 is 1. The van der Waals surface area contributed by atoms with Crippen LogP contribution in [-0.4, -0.2) is 38.3 Å². The molecule has 0 aromatic heterocycles. The van der Waals surface area contributed by atoms with E-state index >= 15 is 0 Å². The topological polar surface area (TPSA) is 50.4 Å². The van der Waals surface area contributed by atoms with E-state index in [4.69, 9.17) is 4.74 Å². The molecule has 1 unspecified atom stereocenters. The van der Waals surface area contributed by atoms with Crippen molar-refractivity contribution in [1.29, 1.82) is 0 Å². The molecule has 0 aliphatic carbocycles. The summed E-state index contributed by atoms with van der Waals surface area (Å²) in [5.74, 6) is -0.00750. The van der Waals surface area contributed by atoms with Crippen LogP contribution in [0.5, 0.6) is 0 Å². The van der Waals surface area contributed by atoms with Gasteiger partial charge in [-0.2, -0.15) is 0 Å². The molecule has 4 nitrogen and oxygen atoms in total. The standard InChI is InChI=1S/C9H20N2O2/c1-7(8(12)10-4)11-6-9(2,3)13-5/h7,11H,6H2,1-5H3,(H,10,12). The second kappa shape index (κ2) is 5.19. The van der Waals surface area contributed by atoms with Gasteiger partial charge in [-0.15, -0.1) is 0 Å². The predicted octanol–water partition coefficient (Wildman–Crippen LogP) is 0.135. The third-order valence-corrected chi connectivity index (χ3v) is 2.03. The van der Waals surface area contributed by atoms with Crippen LogP contribution in [0.15, 0.2) is 0 Å². The van der Waals surface area contributed by atoms with Crippen molar-refractivity contribution in [2.75, 3.05) is 20.7 Å². The minimum atomic E-state index is -0.234. The van der Waals surface area contributed by atoms with E-state index in [2.05, 4.69) is 10.6 Å². The Kier molecular flexibility index (Phi) is 4.95. The van der Waals surface area contributed by atoms with Crippen molar-refractivity contribution in [2.24, 2.45) is 0 Å². The largest absolute Gasteiger partial charge is 0.377 e. The zero-order valence-electron chi connectivity index (χ0n) is 9.10. The van der Waals surface area contributed by atoms with Crippen LogP contribution in [0.25, 0.3) is 0 Å². The molecule has 0 saturated heterocycles. The lowest BCUT2D eigenvalue weighted by Crippen LogP contribution is -2.46. The molecule has 13 heavy (non-hydrogen) atoms. The first kappa shape index (κ1) is 12.4. The van der Waals surface area contributed by atoms with Gasteiger partial charge in [-0.05, 0) is 20.8 Å². The van der Waals surface area contributed by atoms with Crippen LogP contribution < -0.4 is 10.6 Å². The Morgan fingerprint density at radius 1 is 1.54 bits per heavy atom. The molecule has 0 rings (SSSR count). The quantitative estimate of drug-likeness (QED) is 0.645. The Balaban J connectivity index is 3.82. The SMILES string of the molecule is CNC(=O)C(C)NCC(C)(C)OC. The van der Waals surface area contributed by atoms with Crippen LogP contribution in [-0.2, 0) is 9.53 Å². The van der Waals surface area contributed by atoms with Gasteiger partial charge in [0.1, 0.15) is 0 Å². The second-order valence-electron chi connectivity index (χ2n) is 3.68. The molecule has 0 aliphatic heterocycles. The molecule has 0 heterocycles.